The molecule has 0 radical (unpaired) electrons. The summed E-state index contributed by atoms with van der Waals surface area (Å²) in [6.45, 7) is 5.30. The van der Waals surface area contributed by atoms with E-state index in [0.717, 1.165) is 29.8 Å². The number of amides is 1. The van der Waals surface area contributed by atoms with Gasteiger partial charge in [-0.05, 0) is 81.1 Å². The number of likely N-dealkylation sites (N-methyl/N-ethyl adjacent to an activating group) is 1. The lowest BCUT2D eigenvalue weighted by atomic mass is 10.1. The number of hydrogen-bond donors (Lipinski definition) is 1. The van der Waals surface area contributed by atoms with Crippen molar-refractivity contribution in [3.63, 3.8) is 0 Å². The van der Waals surface area contributed by atoms with Gasteiger partial charge in [-0.25, -0.2) is 0 Å². The first-order valence-electron chi connectivity index (χ1n) is 9.41. The van der Waals surface area contributed by atoms with E-state index in [-0.39, 0.29) is 11.9 Å². The highest BCUT2D eigenvalue weighted by molar-refractivity contribution is 5.94. The molecule has 0 spiro atoms. The predicted molar refractivity (Wildman–Crippen MR) is 106 cm³/mol. The molecule has 0 aromatic heterocycles. The number of carbonyl (C=O) groups is 1. The molecule has 138 valence electrons. The topological polar surface area (TPSA) is 41.6 Å². The lowest BCUT2D eigenvalue weighted by Crippen LogP contribution is -2.39. The lowest BCUT2D eigenvalue weighted by molar-refractivity contribution is -0.120. The van der Waals surface area contributed by atoms with Gasteiger partial charge in [-0.2, -0.15) is 0 Å². The highest BCUT2D eigenvalue weighted by atomic mass is 16.5. The number of aryl methyl sites for hydroxylation is 2. The molecule has 1 aliphatic rings. The molecule has 0 unspecified atom stereocenters. The molecule has 0 saturated carbocycles. The highest BCUT2D eigenvalue weighted by Gasteiger charge is 2.19. The van der Waals surface area contributed by atoms with Gasteiger partial charge in [0.2, 0.25) is 5.91 Å². The van der Waals surface area contributed by atoms with Gasteiger partial charge in [-0.3, -0.25) is 9.69 Å². The third kappa shape index (κ3) is 4.44. The Morgan fingerprint density at radius 3 is 2.62 bits per heavy atom. The van der Waals surface area contributed by atoms with Crippen LogP contribution in [0.25, 0.3) is 0 Å². The second kappa shape index (κ2) is 8.37. The third-order valence-corrected chi connectivity index (χ3v) is 5.07. The van der Waals surface area contributed by atoms with Crippen molar-refractivity contribution in [2.45, 2.75) is 45.7 Å². The number of nitrogens with one attached hydrogen (secondary N) is 1. The van der Waals surface area contributed by atoms with Crippen LogP contribution in [0.2, 0.25) is 0 Å². The fourth-order valence-corrected chi connectivity index (χ4v) is 3.38. The van der Waals surface area contributed by atoms with Gasteiger partial charge in [0, 0.05) is 12.2 Å². The number of fused-ring (bicyclic) bond motifs is 1. The molecule has 4 nitrogen and oxygen atoms in total. The molecule has 1 atom stereocenters. The Balaban J connectivity index is 1.57. The van der Waals surface area contributed by atoms with Crippen LogP contribution >= 0.6 is 0 Å². The van der Waals surface area contributed by atoms with Crippen LogP contribution in [0.15, 0.2) is 42.5 Å². The van der Waals surface area contributed by atoms with Crippen LogP contribution in [-0.2, 0) is 24.2 Å². The Morgan fingerprint density at radius 1 is 1.15 bits per heavy atom. The molecule has 0 heterocycles. The summed E-state index contributed by atoms with van der Waals surface area (Å²) in [6.07, 6.45) is 3.49. The van der Waals surface area contributed by atoms with Crippen LogP contribution in [0.5, 0.6) is 5.75 Å². The summed E-state index contributed by atoms with van der Waals surface area (Å²) >= 11 is 0. The van der Waals surface area contributed by atoms with Gasteiger partial charge in [0.15, 0.2) is 0 Å². The minimum atomic E-state index is -0.213. The first-order valence-corrected chi connectivity index (χ1v) is 9.41. The van der Waals surface area contributed by atoms with Gasteiger partial charge < -0.3 is 10.1 Å². The fourth-order valence-electron chi connectivity index (χ4n) is 3.38. The van der Waals surface area contributed by atoms with E-state index in [2.05, 4.69) is 22.3 Å². The summed E-state index contributed by atoms with van der Waals surface area (Å²) in [5, 5.41) is 3.06. The maximum Gasteiger partial charge on any atom is 0.241 e. The molecular formula is C22H28N2O2. The van der Waals surface area contributed by atoms with Crippen LogP contribution in [0.4, 0.5) is 5.69 Å². The van der Waals surface area contributed by atoms with E-state index in [1.54, 1.807) is 0 Å². The van der Waals surface area contributed by atoms with Crippen LogP contribution < -0.4 is 10.1 Å². The number of benzene rings is 2. The van der Waals surface area contributed by atoms with Gasteiger partial charge >= 0.3 is 0 Å². The molecule has 2 aromatic rings. The summed E-state index contributed by atoms with van der Waals surface area (Å²) in [7, 11) is 1.98. The maximum absolute atomic E-state index is 12.6. The third-order valence-electron chi connectivity index (χ3n) is 5.07. The van der Waals surface area contributed by atoms with E-state index in [1.807, 2.05) is 51.2 Å². The number of ether oxygens (including phenoxy) is 1. The van der Waals surface area contributed by atoms with Crippen LogP contribution in [-0.4, -0.2) is 30.5 Å². The number of anilines is 1. The van der Waals surface area contributed by atoms with E-state index >= 15 is 0 Å². The van der Waals surface area contributed by atoms with E-state index in [1.165, 1.54) is 17.5 Å². The summed E-state index contributed by atoms with van der Waals surface area (Å²) in [6, 6.07) is 14.1. The average molecular weight is 352 g/mol. The van der Waals surface area contributed by atoms with E-state index in [9.17, 15) is 4.79 Å². The van der Waals surface area contributed by atoms with Crippen molar-refractivity contribution >= 4 is 11.6 Å². The van der Waals surface area contributed by atoms with Gasteiger partial charge in [-0.1, -0.05) is 18.2 Å². The van der Waals surface area contributed by atoms with Crippen molar-refractivity contribution in [1.29, 1.82) is 0 Å². The molecule has 3 rings (SSSR count). The Bertz CT molecular complexity index is 755. The van der Waals surface area contributed by atoms with Gasteiger partial charge in [0.25, 0.3) is 0 Å². The molecular weight excluding hydrogens is 324 g/mol. The highest BCUT2D eigenvalue weighted by Crippen LogP contribution is 2.25. The van der Waals surface area contributed by atoms with E-state index in [4.69, 9.17) is 4.74 Å². The predicted octanol–water partition coefficient (Wildman–Crippen LogP) is 4.03. The lowest BCUT2D eigenvalue weighted by Gasteiger charge is -2.24. The van der Waals surface area contributed by atoms with Gasteiger partial charge in [-0.15, -0.1) is 0 Å². The number of rotatable bonds is 7. The summed E-state index contributed by atoms with van der Waals surface area (Å²) in [5.41, 5.74) is 4.85. The van der Waals surface area contributed by atoms with Crippen LogP contribution in [0, 0.1) is 0 Å². The maximum atomic E-state index is 12.6. The van der Waals surface area contributed by atoms with Gasteiger partial charge in [0.1, 0.15) is 5.75 Å². The second-order valence-electron chi connectivity index (χ2n) is 6.99. The van der Waals surface area contributed by atoms with Gasteiger partial charge in [0.05, 0.1) is 12.6 Å². The molecule has 0 fully saturated rings. The summed E-state index contributed by atoms with van der Waals surface area (Å²) in [4.78, 5) is 14.7. The molecule has 0 bridgehead atoms. The minimum absolute atomic E-state index is 0.0244. The second-order valence-corrected chi connectivity index (χ2v) is 6.99. The monoisotopic (exact) mass is 352 g/mol. The minimum Gasteiger partial charge on any atom is -0.494 e. The van der Waals surface area contributed by atoms with Crippen molar-refractivity contribution in [2.24, 2.45) is 0 Å². The van der Waals surface area contributed by atoms with Crippen molar-refractivity contribution in [2.75, 3.05) is 19.0 Å². The average Bonchev–Trinajstić information content (AvgIpc) is 3.10. The SMILES string of the molecule is CCOc1ccc(CN(C)[C@H](C)C(=O)Nc2ccc3c(c2)CCC3)cc1. The Kier molecular flexibility index (Phi) is 5.94. The molecule has 1 amide bonds. The Hall–Kier alpha value is -2.33. The molecule has 1 N–H and O–H groups in total. The number of hydrogen-bond acceptors (Lipinski definition) is 3. The van der Waals surface area contributed by atoms with Crippen molar-refractivity contribution in [1.82, 2.24) is 4.90 Å². The molecule has 2 aromatic carbocycles. The largest absolute Gasteiger partial charge is 0.494 e. The Morgan fingerprint density at radius 2 is 1.88 bits per heavy atom. The van der Waals surface area contributed by atoms with Crippen molar-refractivity contribution < 1.29 is 9.53 Å². The standard InChI is InChI=1S/C22H28N2O2/c1-4-26-21-12-8-17(9-13-21)15-24(3)16(2)22(25)23-20-11-10-18-6-5-7-19(18)14-20/h8-14,16H,4-7,15H2,1-3H3,(H,23,25)/t16-/m1/s1. The zero-order valence-electron chi connectivity index (χ0n) is 15.9. The smallest absolute Gasteiger partial charge is 0.241 e. The molecule has 0 saturated heterocycles. The van der Waals surface area contributed by atoms with Crippen LogP contribution in [0.3, 0.4) is 0 Å². The first kappa shape index (κ1) is 18.5. The fraction of sp³-hybridized carbons (Fsp3) is 0.409. The zero-order chi connectivity index (χ0) is 18.5. The van der Waals surface area contributed by atoms with E-state index < -0.39 is 0 Å². The summed E-state index contributed by atoms with van der Waals surface area (Å²) < 4.78 is 5.47. The normalized spacial score (nSPS) is 14.2. The van der Waals surface area contributed by atoms with E-state index in [0.29, 0.717) is 13.2 Å². The van der Waals surface area contributed by atoms with Crippen molar-refractivity contribution in [3.8, 4) is 5.75 Å². The number of nitrogens with zero attached hydrogens (tertiary/aromatic N) is 1. The zero-order valence-corrected chi connectivity index (χ0v) is 15.9. The quantitative estimate of drug-likeness (QED) is 0.818. The molecule has 0 aliphatic heterocycles. The first-order chi connectivity index (χ1) is 12.6. The summed E-state index contributed by atoms with van der Waals surface area (Å²) in [5.74, 6) is 0.901. The van der Waals surface area contributed by atoms with Crippen LogP contribution in [0.1, 0.15) is 37.0 Å². The van der Waals surface area contributed by atoms with Crippen molar-refractivity contribution in [3.05, 3.63) is 59.2 Å². The molecule has 1 aliphatic carbocycles. The molecule has 26 heavy (non-hydrogen) atoms. The molecule has 4 heteroatoms. The number of carbonyl (C=O) groups excluding carboxylic acids is 1. The Labute approximate surface area is 156 Å².